The minimum Gasteiger partial charge on any atom is -0.319 e. The van der Waals surface area contributed by atoms with Gasteiger partial charge in [0.05, 0.1) is 69.9 Å². The summed E-state index contributed by atoms with van der Waals surface area (Å²) >= 11 is 0. The molecule has 0 bridgehead atoms. The van der Waals surface area contributed by atoms with Gasteiger partial charge in [-0.3, -0.25) is 0 Å². The Labute approximate surface area is 334 Å². The predicted molar refractivity (Wildman–Crippen MR) is 233 cm³/mol. The highest BCUT2D eigenvalue weighted by Crippen LogP contribution is 2.46. The van der Waals surface area contributed by atoms with Crippen molar-refractivity contribution in [3.63, 3.8) is 0 Å². The van der Waals surface area contributed by atoms with E-state index < -0.39 is 0 Å². The van der Waals surface area contributed by atoms with E-state index in [1.54, 1.807) is 12.1 Å². The number of rotatable bonds is 5. The molecular weight excluding hydrogens is 709 g/mol. The molecule has 0 amide bonds. The Kier molecular flexibility index (Phi) is 7.92. The number of benzene rings is 8. The number of fused-ring (bicyclic) bond motifs is 6. The fourth-order valence-corrected chi connectivity index (χ4v) is 8.40. The fraction of sp³-hybridized carbons (Fsp3) is 0. The minimum atomic E-state index is 0.463. The van der Waals surface area contributed by atoms with Crippen LogP contribution in [0.1, 0.15) is 11.1 Å². The maximum atomic E-state index is 9.95. The molecule has 0 N–H and O–H groups in total. The second-order valence-electron chi connectivity index (χ2n) is 14.2. The smallest absolute Gasteiger partial charge is 0.234 e. The molecule has 0 aliphatic heterocycles. The zero-order valence-corrected chi connectivity index (χ0v) is 30.8. The van der Waals surface area contributed by atoms with Crippen LogP contribution in [0.15, 0.2) is 170 Å². The molecule has 6 nitrogen and oxygen atoms in total. The molecule has 0 atom stereocenters. The highest BCUT2D eigenvalue weighted by Gasteiger charge is 2.25. The summed E-state index contributed by atoms with van der Waals surface area (Å²) in [5.41, 5.74) is 13.0. The van der Waals surface area contributed by atoms with E-state index in [2.05, 4.69) is 97.7 Å². The van der Waals surface area contributed by atoms with Gasteiger partial charge < -0.3 is 9.13 Å². The average molecular weight is 737 g/mol. The minimum absolute atomic E-state index is 0.463. The van der Waals surface area contributed by atoms with Crippen molar-refractivity contribution in [3.05, 3.63) is 204 Å². The van der Waals surface area contributed by atoms with Crippen LogP contribution in [0.25, 0.3) is 98.1 Å². The van der Waals surface area contributed by atoms with Gasteiger partial charge in [-0.15, -0.1) is 0 Å². The zero-order valence-electron chi connectivity index (χ0n) is 30.8. The van der Waals surface area contributed by atoms with Gasteiger partial charge in [-0.2, -0.15) is 10.5 Å². The molecule has 0 radical (unpaired) electrons. The molecule has 266 valence electrons. The molecule has 2 heterocycles. The maximum Gasteiger partial charge on any atom is 0.234 e. The van der Waals surface area contributed by atoms with Crippen LogP contribution in [0.3, 0.4) is 0 Å². The van der Waals surface area contributed by atoms with Gasteiger partial charge in [-0.25, -0.2) is 9.69 Å². The third-order valence-electron chi connectivity index (χ3n) is 11.0. The van der Waals surface area contributed by atoms with Gasteiger partial charge in [0.2, 0.25) is 5.69 Å². The molecule has 2 aromatic heterocycles. The van der Waals surface area contributed by atoms with Gasteiger partial charge in [0.1, 0.15) is 0 Å². The largest absolute Gasteiger partial charge is 0.319 e. The maximum absolute atomic E-state index is 9.95. The number of aromatic nitrogens is 2. The average Bonchev–Trinajstić information content (AvgIpc) is 3.80. The van der Waals surface area contributed by atoms with Crippen LogP contribution in [0.2, 0.25) is 0 Å². The van der Waals surface area contributed by atoms with E-state index in [0.717, 1.165) is 82.7 Å². The lowest BCUT2D eigenvalue weighted by Gasteiger charge is -2.20. The number of nitrogens with zero attached hydrogens (tertiary/aromatic N) is 6. The summed E-state index contributed by atoms with van der Waals surface area (Å²) in [6.07, 6.45) is 0. The van der Waals surface area contributed by atoms with Crippen molar-refractivity contribution in [3.8, 4) is 56.9 Å². The van der Waals surface area contributed by atoms with Crippen LogP contribution in [0.5, 0.6) is 0 Å². The number of hydrogen-bond donors (Lipinski definition) is 0. The summed E-state index contributed by atoms with van der Waals surface area (Å²) in [6, 6.07) is 60.7. The van der Waals surface area contributed by atoms with Crippen LogP contribution in [-0.2, 0) is 0 Å². The molecule has 10 rings (SSSR count). The first-order chi connectivity index (χ1) is 28.6. The summed E-state index contributed by atoms with van der Waals surface area (Å²) in [7, 11) is 0. The Morgan fingerprint density at radius 2 is 0.931 bits per heavy atom. The predicted octanol–water partition coefficient (Wildman–Crippen LogP) is 13.7. The molecule has 58 heavy (non-hydrogen) atoms. The molecule has 0 fully saturated rings. The Morgan fingerprint density at radius 3 is 1.55 bits per heavy atom. The third kappa shape index (κ3) is 5.31. The quantitative estimate of drug-likeness (QED) is 0.165. The van der Waals surface area contributed by atoms with Crippen LogP contribution in [0.4, 0.5) is 11.4 Å². The van der Waals surface area contributed by atoms with E-state index >= 15 is 0 Å². The van der Waals surface area contributed by atoms with Gasteiger partial charge >= 0.3 is 0 Å². The highest BCUT2D eigenvalue weighted by molar-refractivity contribution is 6.13. The first-order valence-corrected chi connectivity index (χ1v) is 18.7. The number of nitriles is 2. The van der Waals surface area contributed by atoms with Gasteiger partial charge in [0.15, 0.2) is 5.69 Å². The van der Waals surface area contributed by atoms with E-state index in [-0.39, 0.29) is 0 Å². The topological polar surface area (TPSA) is 66.2 Å². The Bertz CT molecular complexity index is 3520. The summed E-state index contributed by atoms with van der Waals surface area (Å²) in [5.74, 6) is 0. The SMILES string of the molecule is [C-]#[N+]c1cccc(-c2ccc3c(c2)c2ccccc2n3-c2ccc(-c3cccc(C#N)c3)c(-n3c4ccccc4c4cc(-c5cccc(C#N)c5)ccc43)c2[N+]#[C-])c1. The van der Waals surface area contributed by atoms with E-state index in [1.807, 2.05) is 91.0 Å². The third-order valence-corrected chi connectivity index (χ3v) is 11.0. The monoisotopic (exact) mass is 736 g/mol. The lowest BCUT2D eigenvalue weighted by Crippen LogP contribution is -2.02. The first kappa shape index (κ1) is 33.9. The van der Waals surface area contributed by atoms with Gasteiger partial charge in [-0.05, 0) is 106 Å². The summed E-state index contributed by atoms with van der Waals surface area (Å²) in [6.45, 7) is 16.5. The second-order valence-corrected chi connectivity index (χ2v) is 14.2. The molecular formula is C52H28N6. The molecule has 10 aromatic rings. The Balaban J connectivity index is 1.29. The lowest BCUT2D eigenvalue weighted by atomic mass is 9.99. The van der Waals surface area contributed by atoms with Crippen molar-refractivity contribution in [2.24, 2.45) is 0 Å². The van der Waals surface area contributed by atoms with Crippen molar-refractivity contribution >= 4 is 55.0 Å². The van der Waals surface area contributed by atoms with Crippen LogP contribution >= 0.6 is 0 Å². The van der Waals surface area contributed by atoms with Gasteiger partial charge in [0.25, 0.3) is 0 Å². The molecule has 0 unspecified atom stereocenters. The van der Waals surface area contributed by atoms with E-state index in [1.165, 1.54) is 0 Å². The number of hydrogen-bond acceptors (Lipinski definition) is 2. The molecule has 8 aromatic carbocycles. The Morgan fingerprint density at radius 1 is 0.414 bits per heavy atom. The number of para-hydroxylation sites is 2. The summed E-state index contributed by atoms with van der Waals surface area (Å²) in [4.78, 5) is 8.04. The van der Waals surface area contributed by atoms with Gasteiger partial charge in [0, 0.05) is 21.5 Å². The normalized spacial score (nSPS) is 11.0. The van der Waals surface area contributed by atoms with E-state index in [4.69, 9.17) is 13.1 Å². The second kappa shape index (κ2) is 13.6. The van der Waals surface area contributed by atoms with Crippen molar-refractivity contribution in [2.75, 3.05) is 0 Å². The fourth-order valence-electron chi connectivity index (χ4n) is 8.40. The zero-order chi connectivity index (χ0) is 39.3. The Hall–Kier alpha value is -8.68. The van der Waals surface area contributed by atoms with Gasteiger partial charge in [-0.1, -0.05) is 97.1 Å². The molecule has 0 saturated carbocycles. The summed E-state index contributed by atoms with van der Waals surface area (Å²) in [5, 5.41) is 23.7. The van der Waals surface area contributed by atoms with Crippen molar-refractivity contribution in [1.29, 1.82) is 10.5 Å². The molecule has 0 aliphatic carbocycles. The van der Waals surface area contributed by atoms with Crippen LogP contribution in [0, 0.1) is 35.8 Å². The molecule has 0 aliphatic rings. The standard InChI is InChI=1S/C52H28N6/c1-55-40-15-9-13-36(28-40)38-20-23-48-44(30-38)42-16-3-5-18-46(42)57(48)50-25-22-41(39-14-8-11-34(27-39)32-54)52(51(50)56-2)58-47-19-6-4-17-43(47)45-29-37(21-24-49(45)58)35-12-7-10-33(26-35)31-53/h3-30H. The lowest BCUT2D eigenvalue weighted by molar-refractivity contribution is 1.15. The van der Waals surface area contributed by atoms with Crippen LogP contribution < -0.4 is 0 Å². The van der Waals surface area contributed by atoms with E-state index in [9.17, 15) is 10.5 Å². The molecule has 0 saturated heterocycles. The van der Waals surface area contributed by atoms with Crippen molar-refractivity contribution < 1.29 is 0 Å². The summed E-state index contributed by atoms with van der Waals surface area (Å²) < 4.78 is 4.38. The van der Waals surface area contributed by atoms with Crippen LogP contribution in [-0.4, -0.2) is 9.13 Å². The molecule has 6 heteroatoms. The highest BCUT2D eigenvalue weighted by atomic mass is 15.1. The van der Waals surface area contributed by atoms with E-state index in [0.29, 0.717) is 28.2 Å². The van der Waals surface area contributed by atoms with Crippen molar-refractivity contribution in [2.45, 2.75) is 0 Å². The van der Waals surface area contributed by atoms with Crippen molar-refractivity contribution in [1.82, 2.24) is 9.13 Å². The first-order valence-electron chi connectivity index (χ1n) is 18.7. The molecule has 0 spiro atoms.